The zero-order valence-corrected chi connectivity index (χ0v) is 12.0. The van der Waals surface area contributed by atoms with Gasteiger partial charge in [-0.2, -0.15) is 0 Å². The second-order valence-corrected chi connectivity index (χ2v) is 5.33. The Kier molecular flexibility index (Phi) is 4.73. The summed E-state index contributed by atoms with van der Waals surface area (Å²) in [5.74, 6) is 0.791. The molecule has 0 heterocycles. The average molecular weight is 281 g/mol. The van der Waals surface area contributed by atoms with Gasteiger partial charge in [0.2, 0.25) is 5.75 Å². The lowest BCUT2D eigenvalue weighted by Crippen LogP contribution is -2.31. The minimum absolute atomic E-state index is 0.0543. The Morgan fingerprint density at radius 3 is 2.10 bits per heavy atom. The van der Waals surface area contributed by atoms with E-state index in [9.17, 15) is 10.2 Å². The van der Waals surface area contributed by atoms with Gasteiger partial charge < -0.3 is 25.4 Å². The van der Waals surface area contributed by atoms with Crippen molar-refractivity contribution in [3.05, 3.63) is 17.7 Å². The average Bonchev–Trinajstić information content (AvgIpc) is 3.00. The molecule has 2 atom stereocenters. The maximum Gasteiger partial charge on any atom is 0.200 e. The molecule has 4 N–H and O–H groups in total. The van der Waals surface area contributed by atoms with E-state index < -0.39 is 12.1 Å². The van der Waals surface area contributed by atoms with Crippen LogP contribution in [0.1, 0.15) is 37.3 Å². The second-order valence-electron chi connectivity index (χ2n) is 5.33. The molecule has 0 unspecified atom stereocenters. The van der Waals surface area contributed by atoms with Crippen molar-refractivity contribution in [1.82, 2.24) is 0 Å². The summed E-state index contributed by atoms with van der Waals surface area (Å²) in [6.07, 6.45) is 3.74. The molecule has 0 aliphatic heterocycles. The molecule has 1 aromatic carbocycles. The van der Waals surface area contributed by atoms with Crippen LogP contribution in [0.4, 0.5) is 0 Å². The number of phenolic OH excluding ortho intramolecular Hbond substituents is 1. The molecule has 0 spiro atoms. The van der Waals surface area contributed by atoms with Crippen molar-refractivity contribution in [3.8, 4) is 17.2 Å². The Morgan fingerprint density at radius 1 is 1.15 bits per heavy atom. The zero-order chi connectivity index (χ0) is 14.7. The summed E-state index contributed by atoms with van der Waals surface area (Å²) >= 11 is 0. The van der Waals surface area contributed by atoms with E-state index in [0.717, 1.165) is 25.7 Å². The van der Waals surface area contributed by atoms with E-state index in [2.05, 4.69) is 0 Å². The lowest BCUT2D eigenvalue weighted by molar-refractivity contribution is 0.0843. The Balaban J connectivity index is 2.26. The first-order valence-electron chi connectivity index (χ1n) is 6.97. The maximum atomic E-state index is 10.4. The van der Waals surface area contributed by atoms with E-state index in [1.54, 1.807) is 12.1 Å². The van der Waals surface area contributed by atoms with Gasteiger partial charge in [0, 0.05) is 0 Å². The van der Waals surface area contributed by atoms with Gasteiger partial charge in [-0.1, -0.05) is 12.8 Å². The Morgan fingerprint density at radius 2 is 1.65 bits per heavy atom. The number of benzene rings is 1. The highest BCUT2D eigenvalue weighted by Gasteiger charge is 2.29. The highest BCUT2D eigenvalue weighted by Crippen LogP contribution is 2.40. The van der Waals surface area contributed by atoms with Gasteiger partial charge in [0.1, 0.15) is 0 Å². The van der Waals surface area contributed by atoms with E-state index in [-0.39, 0.29) is 11.7 Å². The largest absolute Gasteiger partial charge is 0.502 e. The summed E-state index contributed by atoms with van der Waals surface area (Å²) < 4.78 is 10.2. The quantitative estimate of drug-likeness (QED) is 0.768. The number of nitrogens with two attached hydrogens (primary N) is 1. The van der Waals surface area contributed by atoms with Crippen LogP contribution in [0.3, 0.4) is 0 Å². The van der Waals surface area contributed by atoms with Crippen LogP contribution in [0.2, 0.25) is 0 Å². The van der Waals surface area contributed by atoms with E-state index in [0.29, 0.717) is 17.1 Å². The lowest BCUT2D eigenvalue weighted by Gasteiger charge is -2.25. The molecule has 1 aromatic rings. The van der Waals surface area contributed by atoms with Gasteiger partial charge >= 0.3 is 0 Å². The summed E-state index contributed by atoms with van der Waals surface area (Å²) in [4.78, 5) is 0. The predicted molar refractivity (Wildman–Crippen MR) is 76.1 cm³/mol. The van der Waals surface area contributed by atoms with Gasteiger partial charge in [-0.25, -0.2) is 0 Å². The van der Waals surface area contributed by atoms with Gasteiger partial charge in [-0.3, -0.25) is 0 Å². The summed E-state index contributed by atoms with van der Waals surface area (Å²) in [6, 6.07) is 2.79. The first-order chi connectivity index (χ1) is 9.58. The Labute approximate surface area is 119 Å². The fourth-order valence-corrected chi connectivity index (χ4v) is 2.90. The first kappa shape index (κ1) is 14.9. The highest BCUT2D eigenvalue weighted by molar-refractivity contribution is 5.53. The van der Waals surface area contributed by atoms with Crippen LogP contribution >= 0.6 is 0 Å². The van der Waals surface area contributed by atoms with Crippen LogP contribution in [0.25, 0.3) is 0 Å². The number of methoxy groups -OCH3 is 2. The van der Waals surface area contributed by atoms with Crippen LogP contribution in [0.5, 0.6) is 17.2 Å². The Bertz CT molecular complexity index is 432. The van der Waals surface area contributed by atoms with Crippen LogP contribution in [-0.4, -0.2) is 30.5 Å². The smallest absolute Gasteiger partial charge is 0.200 e. The number of aliphatic hydroxyl groups is 1. The SMILES string of the molecule is COc1cc([C@H](N)[C@H](O)C2CCCC2)cc(OC)c1O. The standard InChI is InChI=1S/C15H23NO4/c1-19-11-7-10(8-12(20-2)15(11)18)13(16)14(17)9-5-3-4-6-9/h7-9,13-14,17-18H,3-6,16H2,1-2H3/t13-,14+/m0/s1. The Hall–Kier alpha value is -1.46. The third-order valence-electron chi connectivity index (χ3n) is 4.14. The van der Waals surface area contributed by atoms with E-state index in [4.69, 9.17) is 15.2 Å². The molecular formula is C15H23NO4. The molecule has 5 nitrogen and oxygen atoms in total. The first-order valence-corrected chi connectivity index (χ1v) is 6.97. The van der Waals surface area contributed by atoms with Crippen molar-refractivity contribution in [2.75, 3.05) is 14.2 Å². The summed E-state index contributed by atoms with van der Waals surface area (Å²) in [7, 11) is 2.94. The fraction of sp³-hybridized carbons (Fsp3) is 0.600. The molecule has 0 bridgehead atoms. The van der Waals surface area contributed by atoms with E-state index in [1.165, 1.54) is 14.2 Å². The van der Waals surface area contributed by atoms with Gasteiger partial charge in [-0.05, 0) is 36.5 Å². The zero-order valence-electron chi connectivity index (χ0n) is 12.0. The summed E-state index contributed by atoms with van der Waals surface area (Å²) in [5.41, 5.74) is 6.88. The van der Waals surface area contributed by atoms with Crippen molar-refractivity contribution in [1.29, 1.82) is 0 Å². The lowest BCUT2D eigenvalue weighted by atomic mass is 9.90. The molecule has 1 saturated carbocycles. The molecule has 0 aromatic heterocycles. The monoisotopic (exact) mass is 281 g/mol. The normalized spacial score (nSPS) is 18.8. The van der Waals surface area contributed by atoms with Crippen LogP contribution in [0.15, 0.2) is 12.1 Å². The van der Waals surface area contributed by atoms with Gasteiger partial charge in [0.05, 0.1) is 26.4 Å². The summed E-state index contributed by atoms with van der Waals surface area (Å²) in [5, 5.41) is 20.3. The molecule has 1 aliphatic rings. The fourth-order valence-electron chi connectivity index (χ4n) is 2.90. The maximum absolute atomic E-state index is 10.4. The number of aromatic hydroxyl groups is 1. The second kappa shape index (κ2) is 6.33. The van der Waals surface area contributed by atoms with Crippen LogP contribution in [-0.2, 0) is 0 Å². The molecule has 5 heteroatoms. The van der Waals surface area contributed by atoms with Crippen molar-refractivity contribution >= 4 is 0 Å². The molecule has 0 radical (unpaired) electrons. The molecule has 20 heavy (non-hydrogen) atoms. The topological polar surface area (TPSA) is 84.9 Å². The highest BCUT2D eigenvalue weighted by atomic mass is 16.5. The van der Waals surface area contributed by atoms with Crippen molar-refractivity contribution in [3.63, 3.8) is 0 Å². The number of hydrogen-bond donors (Lipinski definition) is 3. The number of phenols is 1. The van der Waals surface area contributed by atoms with Crippen LogP contribution in [0, 0.1) is 5.92 Å². The molecule has 0 saturated heterocycles. The molecule has 1 fully saturated rings. The van der Waals surface area contributed by atoms with Crippen molar-refractivity contribution < 1.29 is 19.7 Å². The van der Waals surface area contributed by atoms with Gasteiger partial charge in [-0.15, -0.1) is 0 Å². The third kappa shape index (κ3) is 2.83. The third-order valence-corrected chi connectivity index (χ3v) is 4.14. The van der Waals surface area contributed by atoms with Crippen molar-refractivity contribution in [2.45, 2.75) is 37.8 Å². The molecule has 2 rings (SSSR count). The van der Waals surface area contributed by atoms with Crippen molar-refractivity contribution in [2.24, 2.45) is 11.7 Å². The molecule has 1 aliphatic carbocycles. The number of hydrogen-bond acceptors (Lipinski definition) is 5. The number of aliphatic hydroxyl groups excluding tert-OH is 1. The summed E-state index contributed by atoms with van der Waals surface area (Å²) in [6.45, 7) is 0. The van der Waals surface area contributed by atoms with E-state index in [1.807, 2.05) is 0 Å². The van der Waals surface area contributed by atoms with E-state index >= 15 is 0 Å². The predicted octanol–water partition coefficient (Wildman–Crippen LogP) is 1.96. The molecular weight excluding hydrogens is 258 g/mol. The van der Waals surface area contributed by atoms with Gasteiger partial charge in [0.15, 0.2) is 11.5 Å². The number of rotatable bonds is 5. The minimum Gasteiger partial charge on any atom is -0.502 e. The minimum atomic E-state index is -0.587. The van der Waals surface area contributed by atoms with Crippen LogP contribution < -0.4 is 15.2 Å². The van der Waals surface area contributed by atoms with Gasteiger partial charge in [0.25, 0.3) is 0 Å². The molecule has 0 amide bonds. The number of ether oxygens (including phenoxy) is 2. The molecule has 112 valence electrons.